The van der Waals surface area contributed by atoms with Gasteiger partial charge in [-0.25, -0.2) is 0 Å². The molecule has 94 valence electrons. The van der Waals surface area contributed by atoms with E-state index in [1.807, 2.05) is 0 Å². The zero-order valence-electron chi connectivity index (χ0n) is 10.9. The number of hydrogen-bond acceptors (Lipinski definition) is 1. The van der Waals surface area contributed by atoms with Crippen molar-refractivity contribution >= 4 is 0 Å². The van der Waals surface area contributed by atoms with Crippen molar-refractivity contribution in [1.29, 1.82) is 0 Å². The molecule has 1 aliphatic heterocycles. The molecule has 1 nitrogen and oxygen atoms in total. The smallest absolute Gasteiger partial charge is 0.0605 e. The molecule has 0 aromatic rings. The van der Waals surface area contributed by atoms with Crippen LogP contribution < -0.4 is 0 Å². The van der Waals surface area contributed by atoms with Crippen molar-refractivity contribution in [3.05, 3.63) is 0 Å². The molecule has 1 heterocycles. The van der Waals surface area contributed by atoms with Gasteiger partial charge >= 0.3 is 0 Å². The van der Waals surface area contributed by atoms with Crippen LogP contribution >= 0.6 is 0 Å². The Morgan fingerprint density at radius 2 is 1.75 bits per heavy atom. The summed E-state index contributed by atoms with van der Waals surface area (Å²) in [4.78, 5) is 0. The van der Waals surface area contributed by atoms with Crippen LogP contribution in [0.5, 0.6) is 0 Å². The lowest BCUT2D eigenvalue weighted by molar-refractivity contribution is -0.0453. The summed E-state index contributed by atoms with van der Waals surface area (Å²) < 4.78 is 6.05. The van der Waals surface area contributed by atoms with Crippen LogP contribution in [0.25, 0.3) is 0 Å². The molecule has 0 amide bonds. The molecular weight excluding hydrogens is 196 g/mol. The van der Waals surface area contributed by atoms with Gasteiger partial charge in [0.25, 0.3) is 0 Å². The van der Waals surface area contributed by atoms with Crippen molar-refractivity contribution in [3.63, 3.8) is 0 Å². The van der Waals surface area contributed by atoms with Crippen LogP contribution in [-0.2, 0) is 4.74 Å². The molecule has 0 bridgehead atoms. The summed E-state index contributed by atoms with van der Waals surface area (Å²) in [5.41, 5.74) is 0. The SMILES string of the molecule is CCCC(C1CCCCC1)C1CCCCO1. The highest BCUT2D eigenvalue weighted by Crippen LogP contribution is 2.37. The minimum absolute atomic E-state index is 0.608. The van der Waals surface area contributed by atoms with E-state index in [4.69, 9.17) is 4.74 Å². The highest BCUT2D eigenvalue weighted by molar-refractivity contribution is 4.81. The lowest BCUT2D eigenvalue weighted by Gasteiger charge is -2.37. The first-order chi connectivity index (χ1) is 7.92. The Bertz CT molecular complexity index is 160. The fraction of sp³-hybridized carbons (Fsp3) is 1.00. The Hall–Kier alpha value is -0.0400. The third kappa shape index (κ3) is 3.23. The van der Waals surface area contributed by atoms with Crippen molar-refractivity contribution < 1.29 is 4.74 Å². The maximum absolute atomic E-state index is 6.05. The van der Waals surface area contributed by atoms with Gasteiger partial charge in [-0.15, -0.1) is 0 Å². The predicted molar refractivity (Wildman–Crippen MR) is 68.6 cm³/mol. The number of ether oxygens (including phenoxy) is 1. The molecule has 2 rings (SSSR count). The van der Waals surface area contributed by atoms with Gasteiger partial charge in [0.15, 0.2) is 0 Å². The van der Waals surface area contributed by atoms with Gasteiger partial charge in [0, 0.05) is 6.61 Å². The van der Waals surface area contributed by atoms with Gasteiger partial charge in [0.05, 0.1) is 6.10 Å². The monoisotopic (exact) mass is 224 g/mol. The zero-order chi connectivity index (χ0) is 11.2. The number of rotatable bonds is 4. The summed E-state index contributed by atoms with van der Waals surface area (Å²) in [6.45, 7) is 3.36. The molecule has 0 spiro atoms. The summed E-state index contributed by atoms with van der Waals surface area (Å²) in [6, 6.07) is 0. The molecule has 1 saturated heterocycles. The minimum Gasteiger partial charge on any atom is -0.378 e. The summed E-state index contributed by atoms with van der Waals surface area (Å²) in [6.07, 6.45) is 14.7. The van der Waals surface area contributed by atoms with Gasteiger partial charge < -0.3 is 4.74 Å². The fourth-order valence-electron chi connectivity index (χ4n) is 3.72. The van der Waals surface area contributed by atoms with Gasteiger partial charge in [-0.3, -0.25) is 0 Å². The van der Waals surface area contributed by atoms with Crippen LogP contribution in [0.1, 0.15) is 71.1 Å². The minimum atomic E-state index is 0.608. The van der Waals surface area contributed by atoms with E-state index in [0.717, 1.165) is 18.4 Å². The van der Waals surface area contributed by atoms with Crippen molar-refractivity contribution in [2.45, 2.75) is 77.2 Å². The van der Waals surface area contributed by atoms with E-state index in [2.05, 4.69) is 6.92 Å². The maximum Gasteiger partial charge on any atom is 0.0605 e. The molecule has 1 heteroatoms. The van der Waals surface area contributed by atoms with Crippen molar-refractivity contribution in [1.82, 2.24) is 0 Å². The predicted octanol–water partition coefficient (Wildman–Crippen LogP) is 4.55. The second kappa shape index (κ2) is 6.64. The normalized spacial score (nSPS) is 30.2. The molecule has 2 fully saturated rings. The highest BCUT2D eigenvalue weighted by Gasteiger charge is 2.31. The summed E-state index contributed by atoms with van der Waals surface area (Å²) in [5.74, 6) is 1.86. The van der Waals surface area contributed by atoms with E-state index in [-0.39, 0.29) is 0 Å². The van der Waals surface area contributed by atoms with Gasteiger partial charge in [-0.05, 0) is 37.5 Å². The van der Waals surface area contributed by atoms with Crippen molar-refractivity contribution in [3.8, 4) is 0 Å². The van der Waals surface area contributed by atoms with E-state index in [0.29, 0.717) is 6.10 Å². The molecule has 0 aromatic heterocycles. The van der Waals surface area contributed by atoms with Gasteiger partial charge in [-0.2, -0.15) is 0 Å². The molecule has 0 aromatic carbocycles. The zero-order valence-corrected chi connectivity index (χ0v) is 10.9. The van der Waals surface area contributed by atoms with Crippen LogP contribution in [0.4, 0.5) is 0 Å². The van der Waals surface area contributed by atoms with Gasteiger partial charge in [0.1, 0.15) is 0 Å². The Morgan fingerprint density at radius 3 is 2.38 bits per heavy atom. The quantitative estimate of drug-likeness (QED) is 0.680. The molecule has 16 heavy (non-hydrogen) atoms. The summed E-state index contributed by atoms with van der Waals surface area (Å²) >= 11 is 0. The molecular formula is C15H28O. The molecule has 1 aliphatic carbocycles. The standard InChI is InChI=1S/C15H28O/c1-2-8-14(13-9-4-3-5-10-13)15-11-6-7-12-16-15/h13-15H,2-12H2,1H3. The van der Waals surface area contributed by atoms with E-state index in [1.165, 1.54) is 64.2 Å². The first-order valence-corrected chi connectivity index (χ1v) is 7.53. The fourth-order valence-corrected chi connectivity index (χ4v) is 3.72. The summed E-state index contributed by atoms with van der Waals surface area (Å²) in [5, 5.41) is 0. The molecule has 1 saturated carbocycles. The third-order valence-electron chi connectivity index (χ3n) is 4.57. The topological polar surface area (TPSA) is 9.23 Å². The van der Waals surface area contributed by atoms with Crippen LogP contribution in [0, 0.1) is 11.8 Å². The average Bonchev–Trinajstić information content (AvgIpc) is 2.38. The highest BCUT2D eigenvalue weighted by atomic mass is 16.5. The van der Waals surface area contributed by atoms with E-state index in [9.17, 15) is 0 Å². The molecule has 2 unspecified atom stereocenters. The number of hydrogen-bond donors (Lipinski definition) is 0. The lowest BCUT2D eigenvalue weighted by atomic mass is 9.74. The lowest BCUT2D eigenvalue weighted by Crippen LogP contribution is -2.34. The second-order valence-corrected chi connectivity index (χ2v) is 5.76. The first kappa shape index (κ1) is 12.4. The van der Waals surface area contributed by atoms with E-state index >= 15 is 0 Å². The molecule has 2 aliphatic rings. The van der Waals surface area contributed by atoms with Gasteiger partial charge in [-0.1, -0.05) is 45.4 Å². The van der Waals surface area contributed by atoms with Crippen molar-refractivity contribution in [2.24, 2.45) is 11.8 Å². The summed E-state index contributed by atoms with van der Waals surface area (Å²) in [7, 11) is 0. The average molecular weight is 224 g/mol. The van der Waals surface area contributed by atoms with E-state index in [1.54, 1.807) is 0 Å². The van der Waals surface area contributed by atoms with E-state index < -0.39 is 0 Å². The Balaban J connectivity index is 1.91. The first-order valence-electron chi connectivity index (χ1n) is 7.53. The Labute approximate surface area is 101 Å². The largest absolute Gasteiger partial charge is 0.378 e. The maximum atomic E-state index is 6.05. The van der Waals surface area contributed by atoms with Crippen molar-refractivity contribution in [2.75, 3.05) is 6.61 Å². The molecule has 0 radical (unpaired) electrons. The van der Waals surface area contributed by atoms with Crippen LogP contribution in [0.3, 0.4) is 0 Å². The Morgan fingerprint density at radius 1 is 1.00 bits per heavy atom. The second-order valence-electron chi connectivity index (χ2n) is 5.76. The van der Waals surface area contributed by atoms with Crippen LogP contribution in [0.15, 0.2) is 0 Å². The van der Waals surface area contributed by atoms with Crippen LogP contribution in [-0.4, -0.2) is 12.7 Å². The molecule has 2 atom stereocenters. The third-order valence-corrected chi connectivity index (χ3v) is 4.57. The van der Waals surface area contributed by atoms with Crippen LogP contribution in [0.2, 0.25) is 0 Å². The Kier molecular flexibility index (Phi) is 5.15. The van der Waals surface area contributed by atoms with Gasteiger partial charge in [0.2, 0.25) is 0 Å². The molecule has 0 N–H and O–H groups in total.